The Labute approximate surface area is 143 Å². The van der Waals surface area contributed by atoms with Gasteiger partial charge in [-0.1, -0.05) is 29.8 Å². The van der Waals surface area contributed by atoms with Crippen LogP contribution in [0.3, 0.4) is 0 Å². The summed E-state index contributed by atoms with van der Waals surface area (Å²) >= 11 is 0. The van der Waals surface area contributed by atoms with Crippen molar-refractivity contribution in [3.05, 3.63) is 35.4 Å². The first-order chi connectivity index (χ1) is 11.2. The van der Waals surface area contributed by atoms with Gasteiger partial charge in [0.1, 0.15) is 11.6 Å². The molecule has 0 saturated carbocycles. The van der Waals surface area contributed by atoms with Gasteiger partial charge in [-0.05, 0) is 52.0 Å². The molecule has 1 amide bonds. The Morgan fingerprint density at radius 3 is 2.54 bits per heavy atom. The Balaban J connectivity index is 2.18. The number of nitrogens with zero attached hydrogens (tertiary/aromatic N) is 1. The lowest BCUT2D eigenvalue weighted by atomic mass is 9.85. The van der Waals surface area contributed by atoms with Gasteiger partial charge in [-0.25, -0.2) is 9.59 Å². The SMILES string of the molecule is COC(=O)C1CC(c2cccc(C)c2)CCN1C(=O)OC(C)(C)C. The maximum Gasteiger partial charge on any atom is 0.411 e. The summed E-state index contributed by atoms with van der Waals surface area (Å²) in [6, 6.07) is 7.69. The molecule has 2 unspecified atom stereocenters. The van der Waals surface area contributed by atoms with Crippen LogP contribution in [0.5, 0.6) is 0 Å². The van der Waals surface area contributed by atoms with Crippen molar-refractivity contribution >= 4 is 12.1 Å². The number of hydrogen-bond donors (Lipinski definition) is 0. The molecule has 1 fully saturated rings. The highest BCUT2D eigenvalue weighted by Gasteiger charge is 2.39. The minimum absolute atomic E-state index is 0.229. The van der Waals surface area contributed by atoms with Crippen LogP contribution < -0.4 is 0 Å². The molecular weight excluding hydrogens is 306 g/mol. The predicted molar refractivity (Wildman–Crippen MR) is 91.9 cm³/mol. The fraction of sp³-hybridized carbons (Fsp3) is 0.579. The van der Waals surface area contributed by atoms with Crippen LogP contribution in [-0.2, 0) is 14.3 Å². The van der Waals surface area contributed by atoms with E-state index in [2.05, 4.69) is 25.1 Å². The summed E-state index contributed by atoms with van der Waals surface area (Å²) < 4.78 is 10.4. The molecule has 5 nitrogen and oxygen atoms in total. The van der Waals surface area contributed by atoms with E-state index < -0.39 is 23.7 Å². The number of esters is 1. The fourth-order valence-corrected chi connectivity index (χ4v) is 3.09. The van der Waals surface area contributed by atoms with E-state index in [1.165, 1.54) is 23.1 Å². The summed E-state index contributed by atoms with van der Waals surface area (Å²) in [5.74, 6) is -0.161. The number of hydrogen-bond acceptors (Lipinski definition) is 4. The number of piperidine rings is 1. The number of aryl methyl sites for hydroxylation is 1. The van der Waals surface area contributed by atoms with Gasteiger partial charge in [0, 0.05) is 6.54 Å². The van der Waals surface area contributed by atoms with Crippen LogP contribution in [0.2, 0.25) is 0 Å². The van der Waals surface area contributed by atoms with Gasteiger partial charge in [-0.2, -0.15) is 0 Å². The Morgan fingerprint density at radius 2 is 1.96 bits per heavy atom. The zero-order valence-electron chi connectivity index (χ0n) is 15.2. The summed E-state index contributed by atoms with van der Waals surface area (Å²) in [6.45, 7) is 7.98. The zero-order valence-corrected chi connectivity index (χ0v) is 15.2. The molecule has 132 valence electrons. The van der Waals surface area contributed by atoms with Crippen molar-refractivity contribution in [1.82, 2.24) is 4.90 Å². The summed E-state index contributed by atoms with van der Waals surface area (Å²) in [6.07, 6.45) is 0.895. The Morgan fingerprint density at radius 1 is 1.25 bits per heavy atom. The minimum Gasteiger partial charge on any atom is -0.467 e. The number of ether oxygens (including phenoxy) is 2. The third kappa shape index (κ3) is 4.49. The van der Waals surface area contributed by atoms with Crippen molar-refractivity contribution in [2.24, 2.45) is 0 Å². The number of rotatable bonds is 2. The van der Waals surface area contributed by atoms with E-state index in [9.17, 15) is 9.59 Å². The van der Waals surface area contributed by atoms with Crippen molar-refractivity contribution in [1.29, 1.82) is 0 Å². The highest BCUT2D eigenvalue weighted by atomic mass is 16.6. The zero-order chi connectivity index (χ0) is 17.9. The van der Waals surface area contributed by atoms with Crippen molar-refractivity contribution < 1.29 is 19.1 Å². The van der Waals surface area contributed by atoms with E-state index in [-0.39, 0.29) is 5.92 Å². The Kier molecular flexibility index (Phi) is 5.52. The number of carbonyl (C=O) groups is 2. The van der Waals surface area contributed by atoms with Crippen LogP contribution in [0.15, 0.2) is 24.3 Å². The second kappa shape index (κ2) is 7.24. The summed E-state index contributed by atoms with van der Waals surface area (Å²) in [5.41, 5.74) is 1.80. The van der Waals surface area contributed by atoms with Gasteiger partial charge in [0.2, 0.25) is 0 Å². The predicted octanol–water partition coefficient (Wildman–Crippen LogP) is 3.65. The van der Waals surface area contributed by atoms with Gasteiger partial charge in [-0.15, -0.1) is 0 Å². The summed E-state index contributed by atoms with van der Waals surface area (Å²) in [4.78, 5) is 26.2. The van der Waals surface area contributed by atoms with Gasteiger partial charge < -0.3 is 9.47 Å². The first-order valence-corrected chi connectivity index (χ1v) is 8.35. The second-order valence-corrected chi connectivity index (χ2v) is 7.35. The van der Waals surface area contributed by atoms with E-state index in [4.69, 9.17) is 9.47 Å². The standard InChI is InChI=1S/C19H27NO4/c1-13-7-6-8-14(11-13)15-9-10-20(16(12-15)17(21)23-5)18(22)24-19(2,3)4/h6-8,11,15-16H,9-10,12H2,1-5H3. The van der Waals surface area contributed by atoms with E-state index >= 15 is 0 Å². The Hall–Kier alpha value is -2.04. The van der Waals surface area contributed by atoms with Gasteiger partial charge in [-0.3, -0.25) is 4.90 Å². The number of benzene rings is 1. The van der Waals surface area contributed by atoms with E-state index in [0.29, 0.717) is 13.0 Å². The van der Waals surface area contributed by atoms with Crippen LogP contribution in [0.4, 0.5) is 4.79 Å². The highest BCUT2D eigenvalue weighted by Crippen LogP contribution is 2.33. The summed E-state index contributed by atoms with van der Waals surface area (Å²) in [7, 11) is 1.35. The third-order valence-electron chi connectivity index (χ3n) is 4.22. The quantitative estimate of drug-likeness (QED) is 0.775. The number of carbonyl (C=O) groups excluding carboxylic acids is 2. The second-order valence-electron chi connectivity index (χ2n) is 7.35. The summed E-state index contributed by atoms with van der Waals surface area (Å²) in [5, 5.41) is 0. The fourth-order valence-electron chi connectivity index (χ4n) is 3.09. The molecule has 1 saturated heterocycles. The minimum atomic E-state index is -0.607. The third-order valence-corrected chi connectivity index (χ3v) is 4.22. The largest absolute Gasteiger partial charge is 0.467 e. The van der Waals surface area contributed by atoms with Gasteiger partial charge in [0.15, 0.2) is 0 Å². The van der Waals surface area contributed by atoms with E-state index in [0.717, 1.165) is 6.42 Å². The molecule has 0 N–H and O–H groups in total. The van der Waals surface area contributed by atoms with Gasteiger partial charge in [0.05, 0.1) is 7.11 Å². The molecular formula is C19H27NO4. The van der Waals surface area contributed by atoms with Crippen molar-refractivity contribution in [3.8, 4) is 0 Å². The number of methoxy groups -OCH3 is 1. The van der Waals surface area contributed by atoms with Crippen LogP contribution in [0.25, 0.3) is 0 Å². The van der Waals surface area contributed by atoms with Crippen LogP contribution in [0, 0.1) is 6.92 Å². The lowest BCUT2D eigenvalue weighted by Gasteiger charge is -2.38. The molecule has 0 radical (unpaired) electrons. The Bertz CT molecular complexity index is 606. The molecule has 2 rings (SSSR count). The molecule has 1 aromatic carbocycles. The van der Waals surface area contributed by atoms with Crippen LogP contribution >= 0.6 is 0 Å². The molecule has 1 heterocycles. The lowest BCUT2D eigenvalue weighted by Crippen LogP contribution is -2.51. The van der Waals surface area contributed by atoms with Crippen LogP contribution in [-0.4, -0.2) is 42.3 Å². The van der Waals surface area contributed by atoms with E-state index in [1.54, 1.807) is 0 Å². The molecule has 0 aliphatic carbocycles. The topological polar surface area (TPSA) is 55.8 Å². The number of amides is 1. The first-order valence-electron chi connectivity index (χ1n) is 8.35. The van der Waals surface area contributed by atoms with Crippen LogP contribution in [0.1, 0.15) is 50.7 Å². The molecule has 1 aliphatic heterocycles. The molecule has 1 aromatic rings. The maximum atomic E-state index is 12.4. The van der Waals surface area contributed by atoms with Crippen molar-refractivity contribution in [2.75, 3.05) is 13.7 Å². The smallest absolute Gasteiger partial charge is 0.411 e. The lowest BCUT2D eigenvalue weighted by molar-refractivity contribution is -0.148. The van der Waals surface area contributed by atoms with E-state index in [1.807, 2.05) is 26.8 Å². The van der Waals surface area contributed by atoms with Gasteiger partial charge in [0.25, 0.3) is 0 Å². The molecule has 0 bridgehead atoms. The average molecular weight is 333 g/mol. The maximum absolute atomic E-state index is 12.4. The first kappa shape index (κ1) is 18.3. The number of likely N-dealkylation sites (tertiary alicyclic amines) is 1. The molecule has 2 atom stereocenters. The monoisotopic (exact) mass is 333 g/mol. The molecule has 0 aromatic heterocycles. The van der Waals surface area contributed by atoms with Crippen molar-refractivity contribution in [3.63, 3.8) is 0 Å². The average Bonchev–Trinajstić information content (AvgIpc) is 2.52. The van der Waals surface area contributed by atoms with Gasteiger partial charge >= 0.3 is 12.1 Å². The van der Waals surface area contributed by atoms with Crippen molar-refractivity contribution in [2.45, 2.75) is 58.1 Å². The molecule has 5 heteroatoms. The molecule has 1 aliphatic rings. The molecule has 24 heavy (non-hydrogen) atoms. The normalized spacial score (nSPS) is 21.3. The highest BCUT2D eigenvalue weighted by molar-refractivity contribution is 5.82. The molecule has 0 spiro atoms.